The zero-order valence-corrected chi connectivity index (χ0v) is 51.4. The van der Waals surface area contributed by atoms with Gasteiger partial charge in [0.1, 0.15) is 0 Å². The summed E-state index contributed by atoms with van der Waals surface area (Å²) in [5.74, 6) is 0.222. The Hall–Kier alpha value is -11.5. The maximum atomic E-state index is 2.61. The van der Waals surface area contributed by atoms with Crippen LogP contribution in [0.5, 0.6) is 0 Å². The van der Waals surface area contributed by atoms with E-state index in [4.69, 9.17) is 0 Å². The van der Waals surface area contributed by atoms with Crippen LogP contribution in [0.4, 0.5) is 0 Å². The summed E-state index contributed by atoms with van der Waals surface area (Å²) in [6.45, 7) is 6.89. The molecule has 17 aromatic rings. The van der Waals surface area contributed by atoms with Gasteiger partial charge in [-0.05, 0) is 172 Å². The molecule has 434 valence electrons. The Morgan fingerprint density at radius 1 is 0.304 bits per heavy atom. The van der Waals surface area contributed by atoms with Gasteiger partial charge in [-0.1, -0.05) is 230 Å². The molecule has 0 fully saturated rings. The largest absolute Gasteiger partial charge is 0.333 e. The zero-order chi connectivity index (χ0) is 60.9. The van der Waals surface area contributed by atoms with Gasteiger partial charge in [-0.2, -0.15) is 0 Å². The summed E-state index contributed by atoms with van der Waals surface area (Å²) in [5, 5.41) is 10.1. The van der Waals surface area contributed by atoms with Crippen LogP contribution in [0.2, 0.25) is 0 Å². The van der Waals surface area contributed by atoms with Crippen molar-refractivity contribution in [3.63, 3.8) is 0 Å². The van der Waals surface area contributed by atoms with Gasteiger partial charge in [0.2, 0.25) is 0 Å². The Labute approximate surface area is 533 Å². The molecule has 13 aromatic carbocycles. The summed E-state index contributed by atoms with van der Waals surface area (Å²) in [6, 6.07) is 110. The molecule has 19 rings (SSSR count). The van der Waals surface area contributed by atoms with Gasteiger partial charge in [0.05, 0.1) is 44.6 Å². The van der Waals surface area contributed by atoms with Crippen molar-refractivity contribution >= 4 is 92.8 Å². The van der Waals surface area contributed by atoms with Crippen molar-refractivity contribution in [2.24, 2.45) is 5.92 Å². The Kier molecular flexibility index (Phi) is 11.4. The van der Waals surface area contributed by atoms with Crippen molar-refractivity contribution in [1.29, 1.82) is 0 Å². The van der Waals surface area contributed by atoms with E-state index in [-0.39, 0.29) is 12.0 Å². The summed E-state index contributed by atoms with van der Waals surface area (Å²) in [6.07, 6.45) is 7.29. The second-order valence-corrected chi connectivity index (χ2v) is 25.8. The number of benzene rings is 13. The predicted octanol–water partition coefficient (Wildman–Crippen LogP) is 22.6. The molecule has 0 radical (unpaired) electrons. The molecule has 4 nitrogen and oxygen atoms in total. The minimum Gasteiger partial charge on any atom is -0.333 e. The lowest BCUT2D eigenvalue weighted by molar-refractivity contribution is 0.511. The number of rotatable bonds is 8. The molecule has 4 heterocycles. The third kappa shape index (κ3) is 7.58. The first-order valence-electron chi connectivity index (χ1n) is 32.3. The fourth-order valence-electron chi connectivity index (χ4n) is 16.5. The first kappa shape index (κ1) is 52.5. The lowest BCUT2D eigenvalue weighted by Gasteiger charge is -2.34. The number of aryl methyl sites for hydroxylation is 2. The lowest BCUT2D eigenvalue weighted by Crippen LogP contribution is -2.29. The summed E-state index contributed by atoms with van der Waals surface area (Å²) < 4.78 is 9.86. The molecule has 0 saturated heterocycles. The quantitative estimate of drug-likeness (QED) is 0.144. The first-order chi connectivity index (χ1) is 45.3. The molecule has 2 aliphatic carbocycles. The van der Waals surface area contributed by atoms with Crippen LogP contribution >= 0.6 is 0 Å². The number of aromatic nitrogens is 4. The summed E-state index contributed by atoms with van der Waals surface area (Å²) >= 11 is 0. The highest BCUT2D eigenvalue weighted by atomic mass is 15.0. The van der Waals surface area contributed by atoms with Gasteiger partial charge in [-0.25, -0.2) is 0 Å². The molecule has 2 atom stereocenters. The van der Waals surface area contributed by atoms with E-state index in [0.717, 1.165) is 11.4 Å². The summed E-state index contributed by atoms with van der Waals surface area (Å²) in [5.41, 5.74) is 27.7. The fourth-order valence-corrected chi connectivity index (χ4v) is 16.5. The lowest BCUT2D eigenvalue weighted by atomic mass is 9.67. The van der Waals surface area contributed by atoms with Crippen molar-refractivity contribution in [2.75, 3.05) is 0 Å². The number of hydrogen-bond acceptors (Lipinski definition) is 0. The maximum absolute atomic E-state index is 2.61. The molecule has 2 unspecified atom stereocenters. The molecule has 0 spiro atoms. The Balaban J connectivity index is 0.709. The van der Waals surface area contributed by atoms with E-state index in [2.05, 4.69) is 348 Å². The Morgan fingerprint density at radius 2 is 0.641 bits per heavy atom. The van der Waals surface area contributed by atoms with E-state index in [1.807, 2.05) is 0 Å². The number of nitrogens with zero attached hydrogens (tertiary/aromatic N) is 4. The van der Waals surface area contributed by atoms with Gasteiger partial charge in [-0.15, -0.1) is 0 Å². The Bertz CT molecular complexity index is 5820. The van der Waals surface area contributed by atoms with E-state index in [1.54, 1.807) is 0 Å². The molecule has 0 amide bonds. The minimum atomic E-state index is -0.636. The zero-order valence-electron chi connectivity index (χ0n) is 51.4. The van der Waals surface area contributed by atoms with Gasteiger partial charge in [0, 0.05) is 71.2 Å². The molecule has 4 aromatic heterocycles. The number of hydrogen-bond donors (Lipinski definition) is 0. The van der Waals surface area contributed by atoms with Crippen molar-refractivity contribution in [2.45, 2.75) is 32.2 Å². The topological polar surface area (TPSA) is 19.7 Å². The van der Waals surface area contributed by atoms with Gasteiger partial charge in [0.15, 0.2) is 0 Å². The standard InChI is InChI=1S/C88H62N4/c1-55-28-45-67-68-46-29-56(2)51-78(68)88(77(67)50-55,62-37-48-86-75(53-62)73-20-8-14-26-84(73)91(86)66-41-32-59(33-42-66)58-30-39-64(40-31-58)89-80-22-10-4-16-69(80)70-17-5-11-23-81(70)89)63-38-49-87-76(54-63)74-21-9-15-27-85(74)92(87)79-47-36-61(52-57(79)3)60-34-43-65(44-35-60)90-82-24-12-6-18-71(82)72-19-7-13-25-83(72)90/h4-54,57,79H,1-3H3. The van der Waals surface area contributed by atoms with Crippen LogP contribution in [-0.2, 0) is 5.41 Å². The van der Waals surface area contributed by atoms with Crippen LogP contribution in [-0.4, -0.2) is 18.3 Å². The smallest absolute Gasteiger partial charge is 0.0714 e. The average Bonchev–Trinajstić information content (AvgIpc) is 1.51. The van der Waals surface area contributed by atoms with Crippen LogP contribution in [0.15, 0.2) is 309 Å². The molecular weight excluding hydrogens is 1110 g/mol. The monoisotopic (exact) mass is 1170 g/mol. The third-order valence-electron chi connectivity index (χ3n) is 20.7. The van der Waals surface area contributed by atoms with Gasteiger partial charge < -0.3 is 18.3 Å². The van der Waals surface area contributed by atoms with E-state index in [1.165, 1.54) is 160 Å². The Morgan fingerprint density at radius 3 is 1.07 bits per heavy atom. The van der Waals surface area contributed by atoms with Crippen LogP contribution in [0, 0.1) is 19.8 Å². The van der Waals surface area contributed by atoms with Gasteiger partial charge in [-0.3, -0.25) is 0 Å². The average molecular weight is 1180 g/mol. The van der Waals surface area contributed by atoms with E-state index >= 15 is 0 Å². The number of fused-ring (bicyclic) bond motifs is 15. The predicted molar refractivity (Wildman–Crippen MR) is 386 cm³/mol. The van der Waals surface area contributed by atoms with Crippen molar-refractivity contribution in [3.8, 4) is 39.3 Å². The molecule has 4 heteroatoms. The van der Waals surface area contributed by atoms with E-state index in [0.29, 0.717) is 0 Å². The minimum absolute atomic E-state index is 0.108. The maximum Gasteiger partial charge on any atom is 0.0714 e. The van der Waals surface area contributed by atoms with Crippen LogP contribution in [0.3, 0.4) is 0 Å². The highest BCUT2D eigenvalue weighted by Crippen LogP contribution is 2.58. The number of para-hydroxylation sites is 6. The van der Waals surface area contributed by atoms with Crippen LogP contribution in [0.1, 0.15) is 51.9 Å². The molecule has 0 saturated carbocycles. The molecular formula is C88H62N4. The van der Waals surface area contributed by atoms with Crippen molar-refractivity contribution < 1.29 is 0 Å². The molecule has 0 N–H and O–H groups in total. The van der Waals surface area contributed by atoms with Crippen molar-refractivity contribution in [1.82, 2.24) is 18.3 Å². The van der Waals surface area contributed by atoms with E-state index < -0.39 is 5.41 Å². The summed E-state index contributed by atoms with van der Waals surface area (Å²) in [7, 11) is 0. The van der Waals surface area contributed by atoms with E-state index in [9.17, 15) is 0 Å². The van der Waals surface area contributed by atoms with Crippen LogP contribution < -0.4 is 0 Å². The molecule has 2 aliphatic rings. The molecule has 0 aliphatic heterocycles. The molecule has 0 bridgehead atoms. The highest BCUT2D eigenvalue weighted by molar-refractivity contribution is 6.13. The number of allylic oxidation sites excluding steroid dienone is 4. The second-order valence-electron chi connectivity index (χ2n) is 25.8. The fraction of sp³-hybridized carbons (Fsp3) is 0.0682. The summed E-state index contributed by atoms with van der Waals surface area (Å²) in [4.78, 5) is 0. The normalized spacial score (nSPS) is 15.2. The SMILES string of the molecule is Cc1ccc2c(c1)C(c1ccc3c(c1)c1ccccc1n3-c1ccc(-c3ccc(-n4c5ccccc5c5ccccc54)cc3)cc1)(c1ccc3c(c1)c1ccccc1n3C1C=CC(c3ccc(-n4c5ccccc5c5ccccc54)cc3)=CC1C)c1cc(C)ccc1-2. The third-order valence-corrected chi connectivity index (χ3v) is 20.7. The van der Waals surface area contributed by atoms with Crippen molar-refractivity contribution in [3.05, 3.63) is 348 Å². The molecule has 92 heavy (non-hydrogen) atoms. The van der Waals surface area contributed by atoms with Crippen LogP contribution in [0.25, 0.3) is 132 Å². The van der Waals surface area contributed by atoms with Gasteiger partial charge in [0.25, 0.3) is 0 Å². The van der Waals surface area contributed by atoms with Gasteiger partial charge >= 0.3 is 0 Å². The second kappa shape index (κ2) is 20.0. The highest BCUT2D eigenvalue weighted by Gasteiger charge is 2.47. The first-order valence-corrected chi connectivity index (χ1v) is 32.3.